The lowest BCUT2D eigenvalue weighted by atomic mass is 9.80. The molecule has 2 heterocycles. The molecule has 2 aromatic heterocycles. The largest absolute Gasteiger partial charge is 0.293 e. The molecule has 0 saturated carbocycles. The molecule has 0 bridgehead atoms. The second-order valence-corrected chi connectivity index (χ2v) is 13.8. The Labute approximate surface area is 291 Å². The third-order valence-corrected chi connectivity index (χ3v) is 10.6. The highest BCUT2D eigenvalue weighted by molar-refractivity contribution is 6.13. The van der Waals surface area contributed by atoms with Crippen molar-refractivity contribution in [2.45, 2.75) is 19.3 Å². The van der Waals surface area contributed by atoms with Crippen LogP contribution in [0.2, 0.25) is 0 Å². The Morgan fingerprint density at radius 3 is 1.70 bits per heavy atom. The molecule has 3 nitrogen and oxygen atoms in total. The quantitative estimate of drug-likeness (QED) is 0.192. The summed E-state index contributed by atoms with van der Waals surface area (Å²) in [5.74, 6) is 1.65. The van der Waals surface area contributed by atoms with Crippen molar-refractivity contribution < 1.29 is 0 Å². The Hall–Kier alpha value is -6.32. The second-order valence-electron chi connectivity index (χ2n) is 13.8. The van der Waals surface area contributed by atoms with E-state index in [-0.39, 0.29) is 5.41 Å². The van der Waals surface area contributed by atoms with E-state index in [4.69, 9.17) is 9.97 Å². The molecule has 0 saturated heterocycles. The Kier molecular flexibility index (Phi) is 6.22. The first-order valence-electron chi connectivity index (χ1n) is 17.3. The minimum Gasteiger partial charge on any atom is -0.293 e. The lowest BCUT2D eigenvalue weighted by molar-refractivity contribution is 0.651. The normalized spacial score (nSPS) is 13.2. The van der Waals surface area contributed by atoms with Gasteiger partial charge in [-0.25, -0.2) is 9.97 Å². The summed E-state index contributed by atoms with van der Waals surface area (Å²) < 4.78 is 2.40. The van der Waals surface area contributed by atoms with Crippen molar-refractivity contribution in [1.82, 2.24) is 14.5 Å². The molecule has 1 aliphatic rings. The van der Waals surface area contributed by atoms with Gasteiger partial charge in [0, 0.05) is 32.9 Å². The van der Waals surface area contributed by atoms with Gasteiger partial charge in [0.1, 0.15) is 5.82 Å². The summed E-state index contributed by atoms with van der Waals surface area (Å²) in [6.45, 7) is 4.68. The van der Waals surface area contributed by atoms with Crippen LogP contribution in [0.25, 0.3) is 83.3 Å². The maximum atomic E-state index is 5.53. The number of nitrogens with zero attached hydrogens (tertiary/aromatic N) is 3. The lowest BCUT2D eigenvalue weighted by Crippen LogP contribution is -2.20. The first-order chi connectivity index (χ1) is 24.6. The standard InChI is InChI=1S/C47H33N3/c1-47(2)40-29-37(31-18-8-4-9-19-31)36(30-16-6-3-7-17-30)28-39(40)44-43(47)46(49-45(48-44)32-20-10-5-11-21-32)50-41-25-15-14-24-35(41)38-26-33-22-12-13-23-34(33)27-42(38)50/h3-29H,1-2H3. The number of hydrogen-bond donors (Lipinski definition) is 0. The number of fused-ring (bicyclic) bond motifs is 7. The topological polar surface area (TPSA) is 30.7 Å². The first-order valence-corrected chi connectivity index (χ1v) is 17.3. The number of para-hydroxylation sites is 1. The van der Waals surface area contributed by atoms with E-state index in [0.717, 1.165) is 45.1 Å². The van der Waals surface area contributed by atoms with E-state index >= 15 is 0 Å². The fourth-order valence-corrected chi connectivity index (χ4v) is 8.14. The fraction of sp³-hybridized carbons (Fsp3) is 0.0638. The zero-order valence-corrected chi connectivity index (χ0v) is 27.9. The van der Waals surface area contributed by atoms with Crippen molar-refractivity contribution in [3.05, 3.63) is 175 Å². The highest BCUT2D eigenvalue weighted by atomic mass is 15.1. The summed E-state index contributed by atoms with van der Waals surface area (Å²) in [5.41, 5.74) is 12.3. The average Bonchev–Trinajstić information content (AvgIpc) is 3.61. The molecule has 0 amide bonds. The molecule has 0 N–H and O–H groups in total. The van der Waals surface area contributed by atoms with Gasteiger partial charge in [-0.15, -0.1) is 0 Å². The molecule has 50 heavy (non-hydrogen) atoms. The molecule has 1 aliphatic carbocycles. The highest BCUT2D eigenvalue weighted by Gasteiger charge is 2.42. The molecule has 0 fully saturated rings. The Balaban J connectivity index is 1.34. The van der Waals surface area contributed by atoms with Crippen LogP contribution < -0.4 is 0 Å². The average molecular weight is 640 g/mol. The Morgan fingerprint density at radius 2 is 1.02 bits per heavy atom. The number of rotatable bonds is 4. The maximum Gasteiger partial charge on any atom is 0.162 e. The van der Waals surface area contributed by atoms with Gasteiger partial charge in [0.05, 0.1) is 16.7 Å². The molecular formula is C47H33N3. The summed E-state index contributed by atoms with van der Waals surface area (Å²) in [7, 11) is 0. The predicted molar refractivity (Wildman–Crippen MR) is 208 cm³/mol. The van der Waals surface area contributed by atoms with Crippen LogP contribution in [0, 0.1) is 0 Å². The molecule has 9 aromatic rings. The van der Waals surface area contributed by atoms with Crippen LogP contribution in [0.1, 0.15) is 25.0 Å². The highest BCUT2D eigenvalue weighted by Crippen LogP contribution is 2.54. The number of hydrogen-bond acceptors (Lipinski definition) is 2. The minimum atomic E-state index is -0.386. The number of benzene rings is 7. The summed E-state index contributed by atoms with van der Waals surface area (Å²) in [6, 6.07) is 58.7. The van der Waals surface area contributed by atoms with E-state index < -0.39 is 0 Å². The van der Waals surface area contributed by atoms with Crippen molar-refractivity contribution in [3.8, 4) is 50.7 Å². The second kappa shape index (κ2) is 10.8. The molecule has 3 heteroatoms. The third-order valence-electron chi connectivity index (χ3n) is 10.6. The van der Waals surface area contributed by atoms with Crippen LogP contribution in [-0.2, 0) is 5.41 Å². The van der Waals surface area contributed by atoms with Gasteiger partial charge in [-0.3, -0.25) is 4.57 Å². The molecule has 10 rings (SSSR count). The Bertz CT molecular complexity index is 2760. The van der Waals surface area contributed by atoms with Gasteiger partial charge >= 0.3 is 0 Å². The zero-order valence-electron chi connectivity index (χ0n) is 27.9. The van der Waals surface area contributed by atoms with Crippen molar-refractivity contribution in [1.29, 1.82) is 0 Å². The van der Waals surface area contributed by atoms with Gasteiger partial charge in [-0.1, -0.05) is 147 Å². The van der Waals surface area contributed by atoms with E-state index in [9.17, 15) is 0 Å². The van der Waals surface area contributed by atoms with E-state index in [1.54, 1.807) is 0 Å². The monoisotopic (exact) mass is 639 g/mol. The molecule has 0 aliphatic heterocycles. The Morgan fingerprint density at radius 1 is 0.460 bits per heavy atom. The smallest absolute Gasteiger partial charge is 0.162 e. The predicted octanol–water partition coefficient (Wildman–Crippen LogP) is 12.0. The SMILES string of the molecule is CC1(C)c2cc(-c3ccccc3)c(-c3ccccc3)cc2-c2nc(-c3ccccc3)nc(-n3c4ccccc4c4cc5ccccc5cc43)c21. The molecule has 7 aromatic carbocycles. The lowest BCUT2D eigenvalue weighted by Gasteiger charge is -2.25. The van der Waals surface area contributed by atoms with Crippen LogP contribution in [-0.4, -0.2) is 14.5 Å². The molecule has 236 valence electrons. The van der Waals surface area contributed by atoms with Crippen LogP contribution in [0.5, 0.6) is 0 Å². The van der Waals surface area contributed by atoms with E-state index in [0.29, 0.717) is 0 Å². The van der Waals surface area contributed by atoms with Crippen molar-refractivity contribution >= 4 is 32.6 Å². The van der Waals surface area contributed by atoms with Crippen molar-refractivity contribution in [2.24, 2.45) is 0 Å². The van der Waals surface area contributed by atoms with E-state index in [1.807, 2.05) is 6.07 Å². The number of aromatic nitrogens is 3. The summed E-state index contributed by atoms with van der Waals surface area (Å²) in [6.07, 6.45) is 0. The van der Waals surface area contributed by atoms with Gasteiger partial charge in [0.15, 0.2) is 5.82 Å². The molecule has 0 unspecified atom stereocenters. The minimum absolute atomic E-state index is 0.386. The van der Waals surface area contributed by atoms with E-state index in [1.165, 1.54) is 49.4 Å². The fourth-order valence-electron chi connectivity index (χ4n) is 8.14. The van der Waals surface area contributed by atoms with E-state index in [2.05, 4.69) is 176 Å². The molecule has 0 spiro atoms. The van der Waals surface area contributed by atoms with Crippen molar-refractivity contribution in [3.63, 3.8) is 0 Å². The maximum absolute atomic E-state index is 5.53. The molecular weight excluding hydrogens is 607 g/mol. The zero-order chi connectivity index (χ0) is 33.4. The van der Waals surface area contributed by atoms with Crippen LogP contribution >= 0.6 is 0 Å². The van der Waals surface area contributed by atoms with Crippen LogP contribution in [0.4, 0.5) is 0 Å². The van der Waals surface area contributed by atoms with Crippen LogP contribution in [0.15, 0.2) is 164 Å². The summed E-state index contributed by atoms with van der Waals surface area (Å²) in [5, 5.41) is 4.88. The van der Waals surface area contributed by atoms with Crippen molar-refractivity contribution in [2.75, 3.05) is 0 Å². The summed E-state index contributed by atoms with van der Waals surface area (Å²) in [4.78, 5) is 11.0. The van der Waals surface area contributed by atoms with Gasteiger partial charge in [-0.05, 0) is 68.9 Å². The van der Waals surface area contributed by atoms with Gasteiger partial charge in [0.25, 0.3) is 0 Å². The molecule has 0 atom stereocenters. The molecule has 0 radical (unpaired) electrons. The van der Waals surface area contributed by atoms with Gasteiger partial charge in [-0.2, -0.15) is 0 Å². The summed E-state index contributed by atoms with van der Waals surface area (Å²) >= 11 is 0. The van der Waals surface area contributed by atoms with Gasteiger partial charge < -0.3 is 0 Å². The van der Waals surface area contributed by atoms with Gasteiger partial charge in [0.2, 0.25) is 0 Å². The first kappa shape index (κ1) is 28.7. The van der Waals surface area contributed by atoms with Crippen LogP contribution in [0.3, 0.4) is 0 Å². The third kappa shape index (κ3) is 4.23.